The quantitative estimate of drug-likeness (QED) is 0.438. The molecule has 126 valence electrons. The fourth-order valence-electron chi connectivity index (χ4n) is 2.36. The number of nitrogens with one attached hydrogen (secondary N) is 1. The summed E-state index contributed by atoms with van der Waals surface area (Å²) in [5.74, 6) is 0.339. The van der Waals surface area contributed by atoms with Gasteiger partial charge < -0.3 is 5.32 Å². The van der Waals surface area contributed by atoms with Crippen LogP contribution in [0.3, 0.4) is 0 Å². The van der Waals surface area contributed by atoms with Crippen molar-refractivity contribution < 1.29 is 9.72 Å². The van der Waals surface area contributed by atoms with E-state index in [1.165, 1.54) is 18.2 Å². The Morgan fingerprint density at radius 2 is 2.00 bits per heavy atom. The minimum Gasteiger partial charge on any atom is -0.343 e. The largest absolute Gasteiger partial charge is 0.343 e. The normalized spacial score (nSPS) is 12.4. The van der Waals surface area contributed by atoms with Gasteiger partial charge in [-0.25, -0.2) is 0 Å². The van der Waals surface area contributed by atoms with Gasteiger partial charge in [0.2, 0.25) is 5.91 Å². The molecular formula is C17H15N5O3. The Bertz CT molecular complexity index is 946. The van der Waals surface area contributed by atoms with Crippen LogP contribution in [0.2, 0.25) is 0 Å². The van der Waals surface area contributed by atoms with Crippen molar-refractivity contribution >= 4 is 23.3 Å². The number of nitrogens with zero attached hydrogens (tertiary/aromatic N) is 4. The van der Waals surface area contributed by atoms with Crippen LogP contribution in [0, 0.1) is 10.1 Å². The molecule has 0 spiro atoms. The molecule has 0 aliphatic carbocycles. The number of amides is 1. The fraction of sp³-hybridized carbons (Fsp3) is 0.118. The number of nitro groups is 1. The standard InChI is InChI=1S/C17H15N5O3/c1-12(17-20-19-15-4-2-3-11-21(15)17)18-16(23)10-7-13-5-8-14(9-6-13)22(24)25/h2-12H,1H3,(H,18,23)/b10-7+. The minimum atomic E-state index is -0.467. The molecule has 1 aromatic carbocycles. The van der Waals surface area contributed by atoms with E-state index in [1.807, 2.05) is 35.7 Å². The van der Waals surface area contributed by atoms with E-state index in [0.29, 0.717) is 17.0 Å². The van der Waals surface area contributed by atoms with Crippen LogP contribution in [0.25, 0.3) is 11.7 Å². The van der Waals surface area contributed by atoms with Crippen molar-refractivity contribution in [2.75, 3.05) is 0 Å². The molecule has 1 atom stereocenters. The third-order valence-corrected chi connectivity index (χ3v) is 3.62. The SMILES string of the molecule is CC(NC(=O)/C=C/c1ccc([N+](=O)[O-])cc1)c1nnc2ccccn12. The summed E-state index contributed by atoms with van der Waals surface area (Å²) in [5, 5.41) is 21.6. The molecule has 2 aromatic heterocycles. The Labute approximate surface area is 143 Å². The molecule has 1 amide bonds. The molecule has 2 heterocycles. The molecule has 8 heteroatoms. The van der Waals surface area contributed by atoms with Gasteiger partial charge in [0, 0.05) is 24.4 Å². The molecule has 0 bridgehead atoms. The molecule has 1 N–H and O–H groups in total. The van der Waals surface area contributed by atoms with Crippen LogP contribution in [0.4, 0.5) is 5.69 Å². The molecule has 0 aliphatic rings. The van der Waals surface area contributed by atoms with Crippen molar-refractivity contribution in [2.24, 2.45) is 0 Å². The van der Waals surface area contributed by atoms with E-state index in [2.05, 4.69) is 15.5 Å². The zero-order valence-electron chi connectivity index (χ0n) is 13.4. The zero-order valence-corrected chi connectivity index (χ0v) is 13.4. The van der Waals surface area contributed by atoms with E-state index in [9.17, 15) is 14.9 Å². The van der Waals surface area contributed by atoms with E-state index in [4.69, 9.17) is 0 Å². The van der Waals surface area contributed by atoms with Gasteiger partial charge in [-0.1, -0.05) is 6.07 Å². The first-order valence-corrected chi connectivity index (χ1v) is 7.57. The predicted octanol–water partition coefficient (Wildman–Crippen LogP) is 2.53. The molecule has 0 saturated carbocycles. The summed E-state index contributed by atoms with van der Waals surface area (Å²) in [6.45, 7) is 1.82. The highest BCUT2D eigenvalue weighted by atomic mass is 16.6. The Kier molecular flexibility index (Phi) is 4.51. The fourth-order valence-corrected chi connectivity index (χ4v) is 2.36. The number of non-ortho nitro benzene ring substituents is 1. The van der Waals surface area contributed by atoms with Gasteiger partial charge >= 0.3 is 0 Å². The van der Waals surface area contributed by atoms with E-state index in [-0.39, 0.29) is 17.6 Å². The Morgan fingerprint density at radius 1 is 1.24 bits per heavy atom. The van der Waals surface area contributed by atoms with Crippen LogP contribution in [-0.2, 0) is 4.79 Å². The molecule has 0 aliphatic heterocycles. The first kappa shape index (κ1) is 16.3. The molecular weight excluding hydrogens is 322 g/mol. The number of pyridine rings is 1. The van der Waals surface area contributed by atoms with E-state index >= 15 is 0 Å². The lowest BCUT2D eigenvalue weighted by Gasteiger charge is -2.10. The number of rotatable bonds is 5. The van der Waals surface area contributed by atoms with Gasteiger partial charge in [-0.05, 0) is 42.8 Å². The highest BCUT2D eigenvalue weighted by Crippen LogP contribution is 2.14. The van der Waals surface area contributed by atoms with Gasteiger partial charge in [0.15, 0.2) is 11.5 Å². The number of hydrogen-bond donors (Lipinski definition) is 1. The molecule has 0 radical (unpaired) electrons. The number of carbonyl (C=O) groups is 1. The second-order valence-corrected chi connectivity index (χ2v) is 5.40. The second kappa shape index (κ2) is 6.91. The smallest absolute Gasteiger partial charge is 0.269 e. The highest BCUT2D eigenvalue weighted by molar-refractivity contribution is 5.91. The van der Waals surface area contributed by atoms with E-state index < -0.39 is 4.92 Å². The van der Waals surface area contributed by atoms with Gasteiger partial charge in [0.1, 0.15) is 0 Å². The van der Waals surface area contributed by atoms with Crippen molar-refractivity contribution in [1.29, 1.82) is 0 Å². The lowest BCUT2D eigenvalue weighted by atomic mass is 10.2. The van der Waals surface area contributed by atoms with Crippen molar-refractivity contribution in [3.05, 3.63) is 76.2 Å². The predicted molar refractivity (Wildman–Crippen MR) is 91.7 cm³/mol. The van der Waals surface area contributed by atoms with Gasteiger partial charge in [-0.3, -0.25) is 19.3 Å². The maximum absolute atomic E-state index is 12.1. The molecule has 3 rings (SSSR count). The zero-order chi connectivity index (χ0) is 17.8. The highest BCUT2D eigenvalue weighted by Gasteiger charge is 2.14. The monoisotopic (exact) mass is 337 g/mol. The third-order valence-electron chi connectivity index (χ3n) is 3.62. The van der Waals surface area contributed by atoms with Crippen molar-refractivity contribution in [3.8, 4) is 0 Å². The lowest BCUT2D eigenvalue weighted by Crippen LogP contribution is -2.26. The van der Waals surface area contributed by atoms with Crippen LogP contribution in [0.15, 0.2) is 54.7 Å². The average Bonchev–Trinajstić information content (AvgIpc) is 3.04. The molecule has 3 aromatic rings. The first-order valence-electron chi connectivity index (χ1n) is 7.57. The van der Waals surface area contributed by atoms with Gasteiger partial charge in [0.05, 0.1) is 11.0 Å². The number of carbonyl (C=O) groups excluding carboxylic acids is 1. The molecule has 0 saturated heterocycles. The summed E-state index contributed by atoms with van der Waals surface area (Å²) in [5.41, 5.74) is 1.41. The minimum absolute atomic E-state index is 0.00825. The first-order chi connectivity index (χ1) is 12.0. The Balaban J connectivity index is 1.66. The summed E-state index contributed by atoms with van der Waals surface area (Å²) < 4.78 is 1.81. The summed E-state index contributed by atoms with van der Waals surface area (Å²) in [6.07, 6.45) is 4.80. The summed E-state index contributed by atoms with van der Waals surface area (Å²) in [6, 6.07) is 11.2. The van der Waals surface area contributed by atoms with Crippen LogP contribution in [0.5, 0.6) is 0 Å². The number of aromatic nitrogens is 3. The molecule has 25 heavy (non-hydrogen) atoms. The summed E-state index contributed by atoms with van der Waals surface area (Å²) >= 11 is 0. The summed E-state index contributed by atoms with van der Waals surface area (Å²) in [4.78, 5) is 22.2. The molecule has 0 fully saturated rings. The lowest BCUT2D eigenvalue weighted by molar-refractivity contribution is -0.384. The number of benzene rings is 1. The Morgan fingerprint density at radius 3 is 2.72 bits per heavy atom. The maximum Gasteiger partial charge on any atom is 0.269 e. The van der Waals surface area contributed by atoms with Gasteiger partial charge in [-0.15, -0.1) is 10.2 Å². The number of fused-ring (bicyclic) bond motifs is 1. The summed E-state index contributed by atoms with van der Waals surface area (Å²) in [7, 11) is 0. The van der Waals surface area contributed by atoms with Crippen molar-refractivity contribution in [3.63, 3.8) is 0 Å². The second-order valence-electron chi connectivity index (χ2n) is 5.40. The average molecular weight is 337 g/mol. The van der Waals surface area contributed by atoms with Crippen molar-refractivity contribution in [1.82, 2.24) is 19.9 Å². The van der Waals surface area contributed by atoms with Crippen LogP contribution in [0.1, 0.15) is 24.4 Å². The number of hydrogen-bond acceptors (Lipinski definition) is 5. The topological polar surface area (TPSA) is 102 Å². The third kappa shape index (κ3) is 3.69. The van der Waals surface area contributed by atoms with Gasteiger partial charge in [-0.2, -0.15) is 0 Å². The van der Waals surface area contributed by atoms with Crippen LogP contribution < -0.4 is 5.32 Å². The van der Waals surface area contributed by atoms with Crippen LogP contribution in [-0.4, -0.2) is 25.4 Å². The van der Waals surface area contributed by atoms with Crippen molar-refractivity contribution in [2.45, 2.75) is 13.0 Å². The molecule has 8 nitrogen and oxygen atoms in total. The number of nitro benzene ring substituents is 1. The van der Waals surface area contributed by atoms with Gasteiger partial charge in [0.25, 0.3) is 5.69 Å². The Hall–Kier alpha value is -3.55. The van der Waals surface area contributed by atoms with Crippen LogP contribution >= 0.6 is 0 Å². The van der Waals surface area contributed by atoms with E-state index in [1.54, 1.807) is 18.2 Å². The maximum atomic E-state index is 12.1. The molecule has 1 unspecified atom stereocenters. The van der Waals surface area contributed by atoms with E-state index in [0.717, 1.165) is 0 Å².